The van der Waals surface area contributed by atoms with E-state index in [1.54, 1.807) is 6.92 Å². The largest absolute Gasteiger partial charge is 0.373 e. The minimum Gasteiger partial charge on any atom is -0.373 e. The summed E-state index contributed by atoms with van der Waals surface area (Å²) in [7, 11) is 1.87. The molecule has 1 N–H and O–H groups in total. The molecule has 3 aliphatic heterocycles. The molecule has 8 nitrogen and oxygen atoms in total. The number of anilines is 2. The number of carbonyl (C=O) groups is 2. The van der Waals surface area contributed by atoms with Gasteiger partial charge in [-0.05, 0) is 50.3 Å². The lowest BCUT2D eigenvalue weighted by Crippen LogP contribution is -2.36. The van der Waals surface area contributed by atoms with Crippen LogP contribution in [0.25, 0.3) is 0 Å². The van der Waals surface area contributed by atoms with Crippen molar-refractivity contribution in [3.05, 3.63) is 46.9 Å². The Hall–Kier alpha value is -3.16. The van der Waals surface area contributed by atoms with Crippen molar-refractivity contribution in [2.75, 3.05) is 43.4 Å². The first-order chi connectivity index (χ1) is 16.0. The molecule has 1 atom stereocenters. The third-order valence-electron chi connectivity index (χ3n) is 7.14. The predicted molar refractivity (Wildman–Crippen MR) is 127 cm³/mol. The van der Waals surface area contributed by atoms with Gasteiger partial charge in [0.1, 0.15) is 5.82 Å². The molecule has 2 amide bonds. The molecule has 2 fully saturated rings. The van der Waals surface area contributed by atoms with Crippen molar-refractivity contribution in [2.45, 2.75) is 51.6 Å². The fourth-order valence-electron chi connectivity index (χ4n) is 5.33. The van der Waals surface area contributed by atoms with Crippen molar-refractivity contribution in [3.8, 4) is 0 Å². The monoisotopic (exact) mass is 448 g/mol. The van der Waals surface area contributed by atoms with E-state index < -0.39 is 0 Å². The van der Waals surface area contributed by atoms with Gasteiger partial charge in [0.05, 0.1) is 18.3 Å². The molecule has 0 bridgehead atoms. The summed E-state index contributed by atoms with van der Waals surface area (Å²) in [5, 5.41) is 3.21. The molecule has 4 heterocycles. The molecule has 5 rings (SSSR count). The zero-order valence-corrected chi connectivity index (χ0v) is 19.5. The molecule has 2 saturated heterocycles. The lowest BCUT2D eigenvalue weighted by molar-refractivity contribution is -0.129. The second kappa shape index (κ2) is 9.00. The minimum absolute atomic E-state index is 0.0382. The van der Waals surface area contributed by atoms with Gasteiger partial charge in [-0.3, -0.25) is 9.59 Å². The number of nitrogens with zero attached hydrogens (tertiary/aromatic N) is 5. The maximum Gasteiger partial charge on any atom is 0.254 e. The third kappa shape index (κ3) is 4.14. The highest BCUT2D eigenvalue weighted by Crippen LogP contribution is 2.34. The Balaban J connectivity index is 1.43. The SMILES string of the molecule is CNc1nc([C@@H]2CCCN2C(=O)c2cccc(N3CCCC3)c2)nc2c1CCN(C(C)=O)C2. The van der Waals surface area contributed by atoms with Gasteiger partial charge in [-0.1, -0.05) is 6.07 Å². The molecule has 0 spiro atoms. The third-order valence-corrected chi connectivity index (χ3v) is 7.14. The second-order valence-corrected chi connectivity index (χ2v) is 9.20. The molecule has 0 aliphatic carbocycles. The number of amides is 2. The predicted octanol–water partition coefficient (Wildman–Crippen LogP) is 3.00. The lowest BCUT2D eigenvalue weighted by Gasteiger charge is -2.30. The van der Waals surface area contributed by atoms with Crippen LogP contribution in [0.4, 0.5) is 11.5 Å². The van der Waals surface area contributed by atoms with Crippen molar-refractivity contribution in [1.82, 2.24) is 19.8 Å². The molecule has 3 aliphatic rings. The van der Waals surface area contributed by atoms with Gasteiger partial charge in [-0.2, -0.15) is 0 Å². The van der Waals surface area contributed by atoms with E-state index in [4.69, 9.17) is 9.97 Å². The van der Waals surface area contributed by atoms with Crippen LogP contribution in [-0.4, -0.2) is 64.8 Å². The van der Waals surface area contributed by atoms with E-state index in [-0.39, 0.29) is 17.9 Å². The minimum atomic E-state index is -0.155. The van der Waals surface area contributed by atoms with Crippen molar-refractivity contribution < 1.29 is 9.59 Å². The number of fused-ring (bicyclic) bond motifs is 1. The summed E-state index contributed by atoms with van der Waals surface area (Å²) < 4.78 is 0. The van der Waals surface area contributed by atoms with E-state index in [1.165, 1.54) is 12.8 Å². The van der Waals surface area contributed by atoms with E-state index in [0.29, 0.717) is 25.5 Å². The Labute approximate surface area is 195 Å². The van der Waals surface area contributed by atoms with Crippen LogP contribution < -0.4 is 10.2 Å². The normalized spacial score (nSPS) is 20.2. The summed E-state index contributed by atoms with van der Waals surface area (Å²) in [6.07, 6.45) is 4.92. The first-order valence-corrected chi connectivity index (χ1v) is 12.0. The van der Waals surface area contributed by atoms with E-state index in [2.05, 4.69) is 16.3 Å². The molecule has 0 saturated carbocycles. The standard InChI is InChI=1S/C25H32N6O2/c1-17(32)30-14-10-20-21(16-30)27-24(28-23(20)26-2)22-9-6-13-31(22)25(33)18-7-5-8-19(15-18)29-11-3-4-12-29/h5,7-8,15,22H,3-4,6,9-14,16H2,1-2H3,(H,26,27,28)/t22-/m0/s1. The van der Waals surface area contributed by atoms with E-state index >= 15 is 0 Å². The Morgan fingerprint density at radius 2 is 1.88 bits per heavy atom. The fourth-order valence-corrected chi connectivity index (χ4v) is 5.33. The van der Waals surface area contributed by atoms with Crippen LogP contribution in [-0.2, 0) is 17.8 Å². The number of rotatable bonds is 4. The molecular weight excluding hydrogens is 416 g/mol. The van der Waals surface area contributed by atoms with Crippen LogP contribution in [0.2, 0.25) is 0 Å². The molecule has 1 aromatic carbocycles. The van der Waals surface area contributed by atoms with E-state index in [1.807, 2.05) is 35.0 Å². The lowest BCUT2D eigenvalue weighted by atomic mass is 10.0. The average molecular weight is 449 g/mol. The van der Waals surface area contributed by atoms with Gasteiger partial charge in [-0.15, -0.1) is 0 Å². The van der Waals surface area contributed by atoms with Gasteiger partial charge in [0.2, 0.25) is 5.91 Å². The number of carbonyl (C=O) groups excluding carboxylic acids is 2. The van der Waals surface area contributed by atoms with Crippen LogP contribution in [0.3, 0.4) is 0 Å². The molecule has 33 heavy (non-hydrogen) atoms. The second-order valence-electron chi connectivity index (χ2n) is 9.20. The van der Waals surface area contributed by atoms with Crippen molar-refractivity contribution in [1.29, 1.82) is 0 Å². The molecule has 0 unspecified atom stereocenters. The van der Waals surface area contributed by atoms with Crippen LogP contribution >= 0.6 is 0 Å². The van der Waals surface area contributed by atoms with Gasteiger partial charge in [-0.25, -0.2) is 9.97 Å². The number of likely N-dealkylation sites (tertiary alicyclic amines) is 1. The van der Waals surface area contributed by atoms with Gasteiger partial charge in [0.15, 0.2) is 5.82 Å². The Kier molecular flexibility index (Phi) is 5.91. The smallest absolute Gasteiger partial charge is 0.254 e. The van der Waals surface area contributed by atoms with Crippen LogP contribution in [0, 0.1) is 0 Å². The maximum absolute atomic E-state index is 13.6. The van der Waals surface area contributed by atoms with Gasteiger partial charge >= 0.3 is 0 Å². The maximum atomic E-state index is 13.6. The van der Waals surface area contributed by atoms with Gasteiger partial charge in [0.25, 0.3) is 5.91 Å². The van der Waals surface area contributed by atoms with Crippen LogP contribution in [0.5, 0.6) is 0 Å². The summed E-state index contributed by atoms with van der Waals surface area (Å²) in [5.41, 5.74) is 3.82. The number of nitrogens with one attached hydrogen (secondary N) is 1. The quantitative estimate of drug-likeness (QED) is 0.774. The highest BCUT2D eigenvalue weighted by atomic mass is 16.2. The van der Waals surface area contributed by atoms with E-state index in [9.17, 15) is 9.59 Å². The Morgan fingerprint density at radius 3 is 2.64 bits per heavy atom. The highest BCUT2D eigenvalue weighted by molar-refractivity contribution is 5.95. The first kappa shape index (κ1) is 21.7. The summed E-state index contributed by atoms with van der Waals surface area (Å²) in [6.45, 7) is 5.58. The zero-order chi connectivity index (χ0) is 22.9. The van der Waals surface area contributed by atoms with Crippen molar-refractivity contribution >= 4 is 23.3 Å². The molecule has 2 aromatic rings. The molecule has 174 valence electrons. The summed E-state index contributed by atoms with van der Waals surface area (Å²) in [4.78, 5) is 41.3. The summed E-state index contributed by atoms with van der Waals surface area (Å²) in [6, 6.07) is 7.86. The molecule has 1 aromatic heterocycles. The molecular formula is C25H32N6O2. The highest BCUT2D eigenvalue weighted by Gasteiger charge is 2.34. The number of hydrogen-bond donors (Lipinski definition) is 1. The molecule has 8 heteroatoms. The Morgan fingerprint density at radius 1 is 1.06 bits per heavy atom. The molecule has 0 radical (unpaired) electrons. The van der Waals surface area contributed by atoms with Crippen LogP contribution in [0.15, 0.2) is 24.3 Å². The first-order valence-electron chi connectivity index (χ1n) is 12.0. The summed E-state index contributed by atoms with van der Waals surface area (Å²) in [5.74, 6) is 1.58. The van der Waals surface area contributed by atoms with Crippen molar-refractivity contribution in [3.63, 3.8) is 0 Å². The van der Waals surface area contributed by atoms with Crippen molar-refractivity contribution in [2.24, 2.45) is 0 Å². The zero-order valence-electron chi connectivity index (χ0n) is 19.5. The number of benzene rings is 1. The number of aromatic nitrogens is 2. The van der Waals surface area contributed by atoms with Crippen LogP contribution in [0.1, 0.15) is 66.1 Å². The fraction of sp³-hybridized carbons (Fsp3) is 0.520. The van der Waals surface area contributed by atoms with E-state index in [0.717, 1.165) is 60.7 Å². The summed E-state index contributed by atoms with van der Waals surface area (Å²) >= 11 is 0. The average Bonchev–Trinajstić information content (AvgIpc) is 3.55. The number of hydrogen-bond acceptors (Lipinski definition) is 6. The Bertz CT molecular complexity index is 1060. The topological polar surface area (TPSA) is 81.7 Å². The van der Waals surface area contributed by atoms with Gasteiger partial charge < -0.3 is 20.0 Å². The van der Waals surface area contributed by atoms with Gasteiger partial charge in [0, 0.05) is 57.0 Å².